The van der Waals surface area contributed by atoms with Gasteiger partial charge in [-0.2, -0.15) is 0 Å². The van der Waals surface area contributed by atoms with Crippen LogP contribution in [0.2, 0.25) is 0 Å². The molecule has 3 rings (SSSR count). The van der Waals surface area contributed by atoms with E-state index in [1.54, 1.807) is 6.20 Å². The third-order valence-corrected chi connectivity index (χ3v) is 4.61. The molecule has 0 saturated carbocycles. The number of hydrogen-bond acceptors (Lipinski definition) is 3. The van der Waals surface area contributed by atoms with Crippen molar-refractivity contribution in [3.8, 4) is 0 Å². The van der Waals surface area contributed by atoms with Crippen molar-refractivity contribution in [2.45, 2.75) is 6.42 Å². The molecule has 0 bridgehead atoms. The summed E-state index contributed by atoms with van der Waals surface area (Å²) in [5, 5.41) is 0. The van der Waals surface area contributed by atoms with Crippen LogP contribution in [0.1, 0.15) is 15.9 Å². The largest absolute Gasteiger partial charge is 0.375 e. The minimum atomic E-state index is -0.828. The SMILES string of the molecule is O=C(C=CN1CCN(CCc2ccccc2)CC1)c1c(F)cccc1F. The smallest absolute Gasteiger partial charge is 0.193 e. The van der Waals surface area contributed by atoms with E-state index < -0.39 is 23.0 Å². The first-order valence-electron chi connectivity index (χ1n) is 8.80. The Hall–Kier alpha value is -2.53. The van der Waals surface area contributed by atoms with Crippen molar-refractivity contribution in [2.75, 3.05) is 32.7 Å². The average Bonchev–Trinajstić information content (AvgIpc) is 2.66. The Kier molecular flexibility index (Phi) is 6.12. The Morgan fingerprint density at radius 2 is 1.58 bits per heavy atom. The normalized spacial score (nSPS) is 15.5. The Morgan fingerprint density at radius 1 is 0.923 bits per heavy atom. The van der Waals surface area contributed by atoms with E-state index in [2.05, 4.69) is 17.0 Å². The number of nitrogens with zero attached hydrogens (tertiary/aromatic N) is 2. The van der Waals surface area contributed by atoms with Gasteiger partial charge in [-0.15, -0.1) is 0 Å². The monoisotopic (exact) mass is 356 g/mol. The van der Waals surface area contributed by atoms with Gasteiger partial charge in [0.2, 0.25) is 0 Å². The molecule has 3 nitrogen and oxygen atoms in total. The summed E-state index contributed by atoms with van der Waals surface area (Å²) in [5.74, 6) is -2.30. The highest BCUT2D eigenvalue weighted by atomic mass is 19.1. The molecule has 136 valence electrons. The lowest BCUT2D eigenvalue weighted by molar-refractivity contribution is 0.103. The molecule has 1 fully saturated rings. The zero-order valence-corrected chi connectivity index (χ0v) is 14.6. The van der Waals surface area contributed by atoms with Gasteiger partial charge < -0.3 is 4.90 Å². The Morgan fingerprint density at radius 3 is 2.23 bits per heavy atom. The third kappa shape index (κ3) is 4.76. The van der Waals surface area contributed by atoms with Crippen LogP contribution < -0.4 is 0 Å². The van der Waals surface area contributed by atoms with Gasteiger partial charge in [0.1, 0.15) is 11.6 Å². The Bertz CT molecular complexity index is 749. The van der Waals surface area contributed by atoms with Crippen LogP contribution in [0.3, 0.4) is 0 Å². The number of rotatable bonds is 6. The molecule has 0 radical (unpaired) electrons. The van der Waals surface area contributed by atoms with Crippen LogP contribution in [0.5, 0.6) is 0 Å². The predicted molar refractivity (Wildman–Crippen MR) is 98.0 cm³/mol. The van der Waals surface area contributed by atoms with E-state index in [-0.39, 0.29) is 0 Å². The van der Waals surface area contributed by atoms with E-state index in [9.17, 15) is 13.6 Å². The summed E-state index contributed by atoms with van der Waals surface area (Å²) in [4.78, 5) is 16.4. The highest BCUT2D eigenvalue weighted by molar-refractivity contribution is 6.04. The van der Waals surface area contributed by atoms with Crippen molar-refractivity contribution < 1.29 is 13.6 Å². The van der Waals surface area contributed by atoms with E-state index in [0.29, 0.717) is 0 Å². The lowest BCUT2D eigenvalue weighted by Gasteiger charge is -2.34. The van der Waals surface area contributed by atoms with Crippen molar-refractivity contribution in [2.24, 2.45) is 0 Å². The van der Waals surface area contributed by atoms with E-state index >= 15 is 0 Å². The van der Waals surface area contributed by atoms with Gasteiger partial charge in [-0.05, 0) is 24.1 Å². The number of allylic oxidation sites excluding steroid dienone is 1. The standard InChI is InChI=1S/C21H22F2N2O/c22-18-7-4-8-19(23)21(18)20(26)10-12-25-15-13-24(14-16-25)11-9-17-5-2-1-3-6-17/h1-8,10,12H,9,11,13-16H2. The van der Waals surface area contributed by atoms with E-state index in [4.69, 9.17) is 0 Å². The minimum absolute atomic E-state index is 0.495. The van der Waals surface area contributed by atoms with Crippen LogP contribution in [0.15, 0.2) is 60.8 Å². The first kappa shape index (κ1) is 18.3. The van der Waals surface area contributed by atoms with Crippen molar-refractivity contribution >= 4 is 5.78 Å². The van der Waals surface area contributed by atoms with E-state index in [0.717, 1.165) is 51.3 Å². The van der Waals surface area contributed by atoms with Gasteiger partial charge in [0.25, 0.3) is 0 Å². The molecule has 0 unspecified atom stereocenters. The summed E-state index contributed by atoms with van der Waals surface area (Å²) in [6.07, 6.45) is 3.91. The molecule has 0 aromatic heterocycles. The fourth-order valence-corrected chi connectivity index (χ4v) is 3.06. The Balaban J connectivity index is 1.48. The maximum absolute atomic E-state index is 13.6. The van der Waals surface area contributed by atoms with Gasteiger partial charge >= 0.3 is 0 Å². The predicted octanol–water partition coefficient (Wildman–Crippen LogP) is 3.52. The molecular formula is C21H22F2N2O. The lowest BCUT2D eigenvalue weighted by atomic mass is 10.1. The molecular weight excluding hydrogens is 334 g/mol. The summed E-state index contributed by atoms with van der Waals surface area (Å²) in [6.45, 7) is 4.39. The second kappa shape index (κ2) is 8.72. The number of carbonyl (C=O) groups excluding carboxylic acids is 1. The summed E-state index contributed by atoms with van der Waals surface area (Å²) in [5.41, 5.74) is 0.831. The number of hydrogen-bond donors (Lipinski definition) is 0. The summed E-state index contributed by atoms with van der Waals surface area (Å²) < 4.78 is 27.3. The second-order valence-corrected chi connectivity index (χ2v) is 6.39. The number of benzene rings is 2. The Labute approximate surface area is 152 Å². The molecule has 0 amide bonds. The molecule has 1 aliphatic heterocycles. The summed E-state index contributed by atoms with van der Waals surface area (Å²) >= 11 is 0. The molecule has 0 atom stereocenters. The number of carbonyl (C=O) groups is 1. The molecule has 2 aromatic carbocycles. The molecule has 1 aliphatic rings. The molecule has 0 aliphatic carbocycles. The summed E-state index contributed by atoms with van der Waals surface area (Å²) in [7, 11) is 0. The van der Waals surface area contributed by atoms with Gasteiger partial charge in [-0.1, -0.05) is 36.4 Å². The quantitative estimate of drug-likeness (QED) is 0.584. The fraction of sp³-hybridized carbons (Fsp3) is 0.286. The zero-order valence-electron chi connectivity index (χ0n) is 14.6. The second-order valence-electron chi connectivity index (χ2n) is 6.39. The van der Waals surface area contributed by atoms with Crippen LogP contribution >= 0.6 is 0 Å². The van der Waals surface area contributed by atoms with Crippen LogP contribution in [0.4, 0.5) is 8.78 Å². The molecule has 1 heterocycles. The van der Waals surface area contributed by atoms with Crippen LogP contribution in [0, 0.1) is 11.6 Å². The molecule has 0 spiro atoms. The van der Waals surface area contributed by atoms with Crippen molar-refractivity contribution in [1.82, 2.24) is 9.80 Å². The third-order valence-electron chi connectivity index (χ3n) is 4.61. The maximum atomic E-state index is 13.6. The van der Waals surface area contributed by atoms with E-state index in [1.165, 1.54) is 17.7 Å². The minimum Gasteiger partial charge on any atom is -0.375 e. The van der Waals surface area contributed by atoms with Crippen LogP contribution in [-0.4, -0.2) is 48.3 Å². The maximum Gasteiger partial charge on any atom is 0.193 e. The fourth-order valence-electron chi connectivity index (χ4n) is 3.06. The highest BCUT2D eigenvalue weighted by Gasteiger charge is 2.17. The first-order valence-corrected chi connectivity index (χ1v) is 8.80. The molecule has 0 N–H and O–H groups in total. The molecule has 26 heavy (non-hydrogen) atoms. The molecule has 1 saturated heterocycles. The van der Waals surface area contributed by atoms with Gasteiger partial charge in [0, 0.05) is 45.0 Å². The van der Waals surface area contributed by atoms with E-state index in [1.807, 2.05) is 23.1 Å². The number of ketones is 1. The average molecular weight is 356 g/mol. The number of halogens is 2. The van der Waals surface area contributed by atoms with Crippen molar-refractivity contribution in [1.29, 1.82) is 0 Å². The zero-order chi connectivity index (χ0) is 18.4. The highest BCUT2D eigenvalue weighted by Crippen LogP contribution is 2.14. The summed E-state index contributed by atoms with van der Waals surface area (Å²) in [6, 6.07) is 13.8. The van der Waals surface area contributed by atoms with Gasteiger partial charge in [0.15, 0.2) is 5.78 Å². The topological polar surface area (TPSA) is 23.6 Å². The van der Waals surface area contributed by atoms with Gasteiger partial charge in [0.05, 0.1) is 5.56 Å². The number of piperazine rings is 1. The van der Waals surface area contributed by atoms with Crippen molar-refractivity contribution in [3.05, 3.63) is 83.6 Å². The van der Waals surface area contributed by atoms with Gasteiger partial charge in [-0.3, -0.25) is 9.69 Å². The molecule has 2 aromatic rings. The first-order chi connectivity index (χ1) is 12.6. The van der Waals surface area contributed by atoms with Gasteiger partial charge in [-0.25, -0.2) is 8.78 Å². The van der Waals surface area contributed by atoms with Crippen LogP contribution in [-0.2, 0) is 6.42 Å². The lowest BCUT2D eigenvalue weighted by Crippen LogP contribution is -2.44. The van der Waals surface area contributed by atoms with Crippen LogP contribution in [0.25, 0.3) is 0 Å². The molecule has 5 heteroatoms. The van der Waals surface area contributed by atoms with Crippen molar-refractivity contribution in [3.63, 3.8) is 0 Å².